The Morgan fingerprint density at radius 1 is 1.22 bits per heavy atom. The summed E-state index contributed by atoms with van der Waals surface area (Å²) in [4.78, 5) is 6.99. The number of nitrogens with zero attached hydrogens (tertiary/aromatic N) is 2. The molecule has 0 bridgehead atoms. The zero-order valence-corrected chi connectivity index (χ0v) is 12.3. The summed E-state index contributed by atoms with van der Waals surface area (Å²) in [5.74, 6) is 0.958. The van der Waals surface area contributed by atoms with Crippen molar-refractivity contribution >= 4 is 5.96 Å². The monoisotopic (exact) mass is 254 g/mol. The van der Waals surface area contributed by atoms with Crippen LogP contribution in [0.1, 0.15) is 46.0 Å². The van der Waals surface area contributed by atoms with E-state index in [1.165, 1.54) is 25.7 Å². The van der Waals surface area contributed by atoms with Gasteiger partial charge in [-0.25, -0.2) is 0 Å². The Kier molecular flexibility index (Phi) is 7.81. The molecule has 0 spiro atoms. The van der Waals surface area contributed by atoms with Crippen molar-refractivity contribution in [3.8, 4) is 0 Å². The average Bonchev–Trinajstić information content (AvgIpc) is 2.89. The molecule has 0 heterocycles. The minimum Gasteiger partial charge on any atom is -0.357 e. The highest BCUT2D eigenvalue weighted by molar-refractivity contribution is 5.79. The van der Waals surface area contributed by atoms with Crippen molar-refractivity contribution in [2.75, 3.05) is 33.2 Å². The highest BCUT2D eigenvalue weighted by Crippen LogP contribution is 2.21. The topological polar surface area (TPSA) is 39.7 Å². The number of guanidine groups is 1. The van der Waals surface area contributed by atoms with Gasteiger partial charge in [-0.1, -0.05) is 19.8 Å². The Labute approximate surface area is 112 Å². The van der Waals surface area contributed by atoms with Crippen LogP contribution in [0.15, 0.2) is 4.99 Å². The first kappa shape index (κ1) is 15.3. The van der Waals surface area contributed by atoms with Crippen LogP contribution in [0.5, 0.6) is 0 Å². The Hall–Kier alpha value is -0.770. The molecule has 1 aliphatic rings. The van der Waals surface area contributed by atoms with E-state index in [-0.39, 0.29) is 0 Å². The van der Waals surface area contributed by atoms with Gasteiger partial charge in [0.25, 0.3) is 0 Å². The van der Waals surface area contributed by atoms with Crippen LogP contribution in [0, 0.1) is 0 Å². The van der Waals surface area contributed by atoms with E-state index in [0.29, 0.717) is 0 Å². The zero-order chi connectivity index (χ0) is 13.2. The van der Waals surface area contributed by atoms with E-state index in [4.69, 9.17) is 0 Å². The van der Waals surface area contributed by atoms with E-state index in [1.807, 2.05) is 0 Å². The van der Waals surface area contributed by atoms with Crippen molar-refractivity contribution < 1.29 is 0 Å². The summed E-state index contributed by atoms with van der Waals surface area (Å²) in [7, 11) is 2.24. The van der Waals surface area contributed by atoms with Gasteiger partial charge < -0.3 is 15.5 Å². The number of aliphatic imine (C=N–C) groups is 1. The molecule has 2 N–H and O–H groups in total. The molecule has 0 radical (unpaired) electrons. The average molecular weight is 254 g/mol. The third-order valence-electron chi connectivity index (χ3n) is 3.54. The van der Waals surface area contributed by atoms with Gasteiger partial charge >= 0.3 is 0 Å². The number of hydrogen-bond acceptors (Lipinski definition) is 2. The molecule has 18 heavy (non-hydrogen) atoms. The first-order valence-corrected chi connectivity index (χ1v) is 7.50. The number of likely N-dealkylation sites (N-methyl/N-ethyl adjacent to an activating group) is 1. The fraction of sp³-hybridized carbons (Fsp3) is 0.929. The van der Waals surface area contributed by atoms with Crippen molar-refractivity contribution in [1.29, 1.82) is 0 Å². The van der Waals surface area contributed by atoms with Gasteiger partial charge in [-0.15, -0.1) is 0 Å². The fourth-order valence-corrected chi connectivity index (χ4v) is 2.44. The van der Waals surface area contributed by atoms with Gasteiger partial charge in [0.1, 0.15) is 0 Å². The molecule has 0 aromatic carbocycles. The maximum Gasteiger partial charge on any atom is 0.191 e. The molecule has 0 aromatic rings. The molecule has 1 aliphatic carbocycles. The van der Waals surface area contributed by atoms with E-state index >= 15 is 0 Å². The molecule has 1 saturated carbocycles. The first-order chi connectivity index (χ1) is 8.77. The normalized spacial score (nSPS) is 17.4. The molecule has 4 nitrogen and oxygen atoms in total. The third kappa shape index (κ3) is 5.71. The molecule has 106 valence electrons. The number of hydrogen-bond donors (Lipinski definition) is 2. The van der Waals surface area contributed by atoms with Crippen molar-refractivity contribution in [3.05, 3.63) is 0 Å². The highest BCUT2D eigenvalue weighted by atomic mass is 15.2. The Morgan fingerprint density at radius 2 is 1.94 bits per heavy atom. The van der Waals surface area contributed by atoms with Crippen LogP contribution in [-0.4, -0.2) is 50.1 Å². The van der Waals surface area contributed by atoms with E-state index in [0.717, 1.165) is 44.6 Å². The molecule has 0 unspecified atom stereocenters. The fourth-order valence-electron chi connectivity index (χ4n) is 2.44. The van der Waals surface area contributed by atoms with Gasteiger partial charge in [-0.05, 0) is 33.2 Å². The molecule has 0 saturated heterocycles. The van der Waals surface area contributed by atoms with E-state index in [9.17, 15) is 0 Å². The smallest absolute Gasteiger partial charge is 0.191 e. The number of nitrogens with one attached hydrogen (secondary N) is 2. The molecule has 4 heteroatoms. The molecule has 0 atom stereocenters. The second-order valence-electron chi connectivity index (χ2n) is 5.11. The molecular formula is C14H30N4. The lowest BCUT2D eigenvalue weighted by molar-refractivity contribution is 0.249. The van der Waals surface area contributed by atoms with Gasteiger partial charge in [0, 0.05) is 32.2 Å². The minimum atomic E-state index is 0.807. The van der Waals surface area contributed by atoms with Crippen molar-refractivity contribution in [3.63, 3.8) is 0 Å². The quantitative estimate of drug-likeness (QED) is 0.538. The van der Waals surface area contributed by atoms with Crippen LogP contribution in [-0.2, 0) is 0 Å². The van der Waals surface area contributed by atoms with Crippen LogP contribution < -0.4 is 10.6 Å². The third-order valence-corrected chi connectivity index (χ3v) is 3.54. The van der Waals surface area contributed by atoms with Crippen LogP contribution in [0.4, 0.5) is 0 Å². The Morgan fingerprint density at radius 3 is 2.56 bits per heavy atom. The predicted octanol–water partition coefficient (Wildman–Crippen LogP) is 1.83. The van der Waals surface area contributed by atoms with Crippen molar-refractivity contribution in [2.45, 2.75) is 52.0 Å². The molecule has 1 fully saturated rings. The van der Waals surface area contributed by atoms with Gasteiger partial charge in [-0.3, -0.25) is 4.99 Å². The maximum absolute atomic E-state index is 4.50. The SMILES string of the molecule is CCCN=C(NCC)NCCN(C)C1CCCC1. The molecule has 0 amide bonds. The lowest BCUT2D eigenvalue weighted by Gasteiger charge is -2.24. The summed E-state index contributed by atoms with van der Waals surface area (Å²) in [6, 6.07) is 0.807. The second-order valence-corrected chi connectivity index (χ2v) is 5.11. The summed E-state index contributed by atoms with van der Waals surface area (Å²) >= 11 is 0. The van der Waals surface area contributed by atoms with Gasteiger partial charge in [0.2, 0.25) is 0 Å². The highest BCUT2D eigenvalue weighted by Gasteiger charge is 2.18. The van der Waals surface area contributed by atoms with Gasteiger partial charge in [0.15, 0.2) is 5.96 Å². The van der Waals surface area contributed by atoms with Crippen LogP contribution in [0.25, 0.3) is 0 Å². The molecule has 0 aliphatic heterocycles. The molecular weight excluding hydrogens is 224 g/mol. The molecule has 0 aromatic heterocycles. The first-order valence-electron chi connectivity index (χ1n) is 7.50. The van der Waals surface area contributed by atoms with E-state index < -0.39 is 0 Å². The van der Waals surface area contributed by atoms with Crippen LogP contribution in [0.2, 0.25) is 0 Å². The lowest BCUT2D eigenvalue weighted by atomic mass is 10.2. The van der Waals surface area contributed by atoms with Crippen LogP contribution in [0.3, 0.4) is 0 Å². The number of rotatable bonds is 7. The van der Waals surface area contributed by atoms with Crippen LogP contribution >= 0.6 is 0 Å². The second kappa shape index (κ2) is 9.20. The maximum atomic E-state index is 4.50. The largest absolute Gasteiger partial charge is 0.357 e. The Balaban J connectivity index is 2.20. The Bertz CT molecular complexity index is 234. The van der Waals surface area contributed by atoms with Gasteiger partial charge in [-0.2, -0.15) is 0 Å². The van der Waals surface area contributed by atoms with Gasteiger partial charge in [0.05, 0.1) is 0 Å². The standard InChI is InChI=1S/C14H30N4/c1-4-10-16-14(15-5-2)17-11-12-18(3)13-8-6-7-9-13/h13H,4-12H2,1-3H3,(H2,15,16,17). The summed E-state index contributed by atoms with van der Waals surface area (Å²) < 4.78 is 0. The molecule has 1 rings (SSSR count). The predicted molar refractivity (Wildman–Crippen MR) is 79.2 cm³/mol. The summed E-state index contributed by atoms with van der Waals surface area (Å²) in [6.07, 6.45) is 6.66. The van der Waals surface area contributed by atoms with E-state index in [1.54, 1.807) is 0 Å². The zero-order valence-electron chi connectivity index (χ0n) is 12.3. The summed E-state index contributed by atoms with van der Waals surface area (Å²) in [5, 5.41) is 6.69. The summed E-state index contributed by atoms with van der Waals surface area (Å²) in [5.41, 5.74) is 0. The lowest BCUT2D eigenvalue weighted by Crippen LogP contribution is -2.42. The summed E-state index contributed by atoms with van der Waals surface area (Å²) in [6.45, 7) is 8.15. The van der Waals surface area contributed by atoms with E-state index in [2.05, 4.69) is 41.4 Å². The van der Waals surface area contributed by atoms with Crippen molar-refractivity contribution in [1.82, 2.24) is 15.5 Å². The minimum absolute atomic E-state index is 0.807. The van der Waals surface area contributed by atoms with Crippen molar-refractivity contribution in [2.24, 2.45) is 4.99 Å².